The molecule has 138 valence electrons. The van der Waals surface area contributed by atoms with Crippen LogP contribution >= 0.6 is 11.3 Å². The molecule has 0 atom stereocenters. The van der Waals surface area contributed by atoms with E-state index in [0.29, 0.717) is 19.1 Å². The summed E-state index contributed by atoms with van der Waals surface area (Å²) in [6.07, 6.45) is 7.70. The van der Waals surface area contributed by atoms with Gasteiger partial charge in [-0.1, -0.05) is 0 Å². The van der Waals surface area contributed by atoms with E-state index in [9.17, 15) is 9.59 Å². The quantitative estimate of drug-likeness (QED) is 0.897. The molecule has 0 bridgehead atoms. The smallest absolute Gasteiger partial charge is 0.257 e. The van der Waals surface area contributed by atoms with E-state index in [4.69, 9.17) is 0 Å². The molecule has 1 saturated heterocycles. The van der Waals surface area contributed by atoms with Crippen LogP contribution in [0.15, 0.2) is 24.5 Å². The van der Waals surface area contributed by atoms with Crippen LogP contribution in [0.25, 0.3) is 5.00 Å². The van der Waals surface area contributed by atoms with Crippen LogP contribution in [-0.2, 0) is 4.79 Å². The monoisotopic (exact) mass is 371 g/mol. The Bertz CT molecular complexity index is 812. The Morgan fingerprint density at radius 2 is 1.73 bits per heavy atom. The first-order valence-electron chi connectivity index (χ1n) is 9.37. The van der Waals surface area contributed by atoms with E-state index in [0.717, 1.165) is 41.8 Å². The van der Waals surface area contributed by atoms with E-state index >= 15 is 0 Å². The van der Waals surface area contributed by atoms with Crippen molar-refractivity contribution < 1.29 is 9.59 Å². The molecule has 2 aromatic heterocycles. The van der Waals surface area contributed by atoms with Gasteiger partial charge in [0.25, 0.3) is 5.91 Å². The molecule has 2 amide bonds. The van der Waals surface area contributed by atoms with Crippen molar-refractivity contribution in [3.63, 3.8) is 0 Å². The Kier molecular flexibility index (Phi) is 4.61. The molecule has 0 unspecified atom stereocenters. The van der Waals surface area contributed by atoms with Gasteiger partial charge >= 0.3 is 0 Å². The van der Waals surface area contributed by atoms with E-state index < -0.39 is 0 Å². The van der Waals surface area contributed by atoms with Gasteiger partial charge in [0.1, 0.15) is 5.00 Å². The fraction of sp³-hybridized carbons (Fsp3) is 0.500. The number of hydrogen-bond acceptors (Lipinski definition) is 3. The van der Waals surface area contributed by atoms with E-state index in [-0.39, 0.29) is 17.7 Å². The molecule has 1 saturated carbocycles. The fourth-order valence-electron chi connectivity index (χ4n) is 3.56. The standard InChI is InChI=1S/C20H25N3O2S/c1-13-14(2)26-20(23-9-3-4-10-23)17(13)19(25)22-11-7-15(8-12-22)18(24)21-16-5-6-16/h3-4,9-10,15-16H,5-8,11-12H2,1-2H3,(H,21,24). The third-order valence-corrected chi connectivity index (χ3v) is 6.72. The topological polar surface area (TPSA) is 54.3 Å². The maximum atomic E-state index is 13.2. The van der Waals surface area contributed by atoms with E-state index in [1.54, 1.807) is 11.3 Å². The highest BCUT2D eigenvalue weighted by atomic mass is 32.1. The van der Waals surface area contributed by atoms with Crippen LogP contribution < -0.4 is 5.32 Å². The lowest BCUT2D eigenvalue weighted by atomic mass is 9.95. The highest BCUT2D eigenvalue weighted by Crippen LogP contribution is 2.33. The van der Waals surface area contributed by atoms with Gasteiger partial charge in [0, 0.05) is 42.3 Å². The molecule has 0 spiro atoms. The largest absolute Gasteiger partial charge is 0.353 e. The third-order valence-electron chi connectivity index (χ3n) is 5.50. The summed E-state index contributed by atoms with van der Waals surface area (Å²) >= 11 is 1.66. The molecule has 1 aliphatic carbocycles. The number of carbonyl (C=O) groups excluding carboxylic acids is 2. The van der Waals surface area contributed by atoms with Crippen LogP contribution in [-0.4, -0.2) is 40.4 Å². The van der Waals surface area contributed by atoms with Crippen LogP contribution in [0.2, 0.25) is 0 Å². The van der Waals surface area contributed by atoms with Crippen molar-refractivity contribution in [2.24, 2.45) is 5.92 Å². The normalized spacial score (nSPS) is 18.2. The molecule has 1 aliphatic heterocycles. The summed E-state index contributed by atoms with van der Waals surface area (Å²) in [5.74, 6) is 0.320. The Morgan fingerprint density at radius 3 is 2.35 bits per heavy atom. The maximum absolute atomic E-state index is 13.2. The summed E-state index contributed by atoms with van der Waals surface area (Å²) in [6.45, 7) is 5.40. The van der Waals surface area contributed by atoms with Gasteiger partial charge in [0.15, 0.2) is 0 Å². The van der Waals surface area contributed by atoms with E-state index in [1.165, 1.54) is 4.88 Å². The van der Waals surface area contributed by atoms with Gasteiger partial charge in [-0.25, -0.2) is 0 Å². The Labute approximate surface area is 158 Å². The lowest BCUT2D eigenvalue weighted by Gasteiger charge is -2.31. The van der Waals surface area contributed by atoms with Crippen LogP contribution in [0.3, 0.4) is 0 Å². The van der Waals surface area contributed by atoms with E-state index in [2.05, 4.69) is 12.2 Å². The van der Waals surface area contributed by atoms with Crippen LogP contribution in [0.1, 0.15) is 46.5 Å². The van der Waals surface area contributed by atoms with Crippen LogP contribution in [0.5, 0.6) is 0 Å². The summed E-state index contributed by atoms with van der Waals surface area (Å²) in [5, 5.41) is 4.08. The Balaban J connectivity index is 1.48. The molecule has 6 heteroatoms. The van der Waals surface area contributed by atoms with Gasteiger partial charge in [0.2, 0.25) is 5.91 Å². The van der Waals surface area contributed by atoms with Crippen LogP contribution in [0, 0.1) is 19.8 Å². The minimum atomic E-state index is 0.0499. The number of thiophene rings is 1. The molecular formula is C20H25N3O2S. The molecule has 0 aromatic carbocycles. The van der Waals surface area contributed by atoms with Crippen molar-refractivity contribution in [1.29, 1.82) is 0 Å². The van der Waals surface area contributed by atoms with Crippen molar-refractivity contribution in [3.8, 4) is 5.00 Å². The number of hydrogen-bond donors (Lipinski definition) is 1. The summed E-state index contributed by atoms with van der Waals surface area (Å²) in [7, 11) is 0. The minimum Gasteiger partial charge on any atom is -0.353 e. The molecule has 26 heavy (non-hydrogen) atoms. The van der Waals surface area contributed by atoms with Crippen LogP contribution in [0.4, 0.5) is 0 Å². The number of aromatic nitrogens is 1. The first-order chi connectivity index (χ1) is 12.5. The van der Waals surface area contributed by atoms with Crippen molar-refractivity contribution >= 4 is 23.2 Å². The van der Waals surface area contributed by atoms with E-state index in [1.807, 2.05) is 40.9 Å². The molecule has 5 nitrogen and oxygen atoms in total. The van der Waals surface area contributed by atoms with Gasteiger partial charge in [-0.05, 0) is 57.2 Å². The molecular weight excluding hydrogens is 346 g/mol. The summed E-state index contributed by atoms with van der Waals surface area (Å²) < 4.78 is 2.02. The fourth-order valence-corrected chi connectivity index (χ4v) is 4.68. The third kappa shape index (κ3) is 3.30. The average Bonchev–Trinajstić information content (AvgIpc) is 3.18. The molecule has 2 fully saturated rings. The average molecular weight is 372 g/mol. The summed E-state index contributed by atoms with van der Waals surface area (Å²) in [5.41, 5.74) is 1.88. The highest BCUT2D eigenvalue weighted by molar-refractivity contribution is 7.15. The Hall–Kier alpha value is -2.08. The van der Waals surface area contributed by atoms with Gasteiger partial charge < -0.3 is 14.8 Å². The Morgan fingerprint density at radius 1 is 1.08 bits per heavy atom. The van der Waals surface area contributed by atoms with Gasteiger partial charge in [0.05, 0.1) is 5.56 Å². The molecule has 2 aromatic rings. The van der Waals surface area contributed by atoms with Gasteiger partial charge in [-0.15, -0.1) is 11.3 Å². The number of aryl methyl sites for hydroxylation is 1. The number of rotatable bonds is 4. The number of nitrogens with zero attached hydrogens (tertiary/aromatic N) is 2. The van der Waals surface area contributed by atoms with Crippen molar-refractivity contribution in [2.45, 2.75) is 45.6 Å². The zero-order chi connectivity index (χ0) is 18.3. The first-order valence-corrected chi connectivity index (χ1v) is 10.2. The predicted molar refractivity (Wildman–Crippen MR) is 103 cm³/mol. The summed E-state index contributed by atoms with van der Waals surface area (Å²) in [6, 6.07) is 4.35. The summed E-state index contributed by atoms with van der Waals surface area (Å²) in [4.78, 5) is 28.6. The number of nitrogens with one attached hydrogen (secondary N) is 1. The number of carbonyl (C=O) groups is 2. The molecule has 3 heterocycles. The second-order valence-corrected chi connectivity index (χ2v) is 8.61. The maximum Gasteiger partial charge on any atom is 0.257 e. The zero-order valence-corrected chi connectivity index (χ0v) is 16.1. The van der Waals surface area contributed by atoms with Crippen molar-refractivity contribution in [1.82, 2.24) is 14.8 Å². The molecule has 4 rings (SSSR count). The van der Waals surface area contributed by atoms with Crippen molar-refractivity contribution in [3.05, 3.63) is 40.5 Å². The zero-order valence-electron chi connectivity index (χ0n) is 15.3. The lowest BCUT2D eigenvalue weighted by molar-refractivity contribution is -0.126. The number of amides is 2. The second kappa shape index (κ2) is 6.91. The second-order valence-electron chi connectivity index (χ2n) is 7.40. The van der Waals surface area contributed by atoms with Crippen molar-refractivity contribution in [2.75, 3.05) is 13.1 Å². The molecule has 1 N–H and O–H groups in total. The minimum absolute atomic E-state index is 0.0499. The number of piperidine rings is 1. The number of likely N-dealkylation sites (tertiary alicyclic amines) is 1. The molecule has 2 aliphatic rings. The first kappa shape index (κ1) is 17.3. The SMILES string of the molecule is Cc1sc(-n2cccc2)c(C(=O)N2CCC(C(=O)NC3CC3)CC2)c1C. The van der Waals surface area contributed by atoms with Gasteiger partial charge in [-0.2, -0.15) is 0 Å². The predicted octanol–water partition coefficient (Wildman–Crippen LogP) is 3.29. The highest BCUT2D eigenvalue weighted by Gasteiger charge is 2.32. The van der Waals surface area contributed by atoms with Gasteiger partial charge in [-0.3, -0.25) is 9.59 Å². The molecule has 0 radical (unpaired) electrons. The lowest BCUT2D eigenvalue weighted by Crippen LogP contribution is -2.43.